The monoisotopic (exact) mass is 701 g/mol. The molecule has 0 radical (unpaired) electrons. The zero-order valence-electron chi connectivity index (χ0n) is 27.6. The van der Waals surface area contributed by atoms with Gasteiger partial charge in [0.2, 0.25) is 0 Å². The quantitative estimate of drug-likeness (QED) is 0.179. The Morgan fingerprint density at radius 1 is 0.365 bits per heavy atom. The van der Waals surface area contributed by atoms with Crippen LogP contribution in [-0.4, -0.2) is 24.1 Å². The maximum absolute atomic E-state index is 5.11. The first-order chi connectivity index (χ1) is 25.7. The molecule has 244 valence electrons. The van der Waals surface area contributed by atoms with Crippen molar-refractivity contribution >= 4 is 75.9 Å². The van der Waals surface area contributed by atoms with Gasteiger partial charge >= 0.3 is 0 Å². The molecule has 0 fully saturated rings. The zero-order valence-corrected chi connectivity index (χ0v) is 29.3. The summed E-state index contributed by atoms with van der Waals surface area (Å²) >= 11 is 3.47. The van der Waals surface area contributed by atoms with Crippen molar-refractivity contribution in [2.75, 3.05) is 0 Å². The molecule has 0 saturated carbocycles. The maximum Gasteiger partial charge on any atom is 0.145 e. The Bertz CT molecular complexity index is 2930. The lowest BCUT2D eigenvalue weighted by Crippen LogP contribution is -1.98. The topological polar surface area (TPSA) is 48.5 Å². The number of hydrogen-bond acceptors (Lipinski definition) is 5. The summed E-state index contributed by atoms with van der Waals surface area (Å²) in [6.45, 7) is 0. The Balaban J connectivity index is 1.09. The second kappa shape index (κ2) is 11.6. The van der Waals surface area contributed by atoms with Crippen LogP contribution >= 0.6 is 22.7 Å². The number of aromatic nitrogens is 5. The Labute approximate surface area is 306 Å². The van der Waals surface area contributed by atoms with E-state index in [9.17, 15) is 0 Å². The molecule has 0 bridgehead atoms. The standard InChI is InChI=1S/C45H27N5S2/c1-2-10-31(11-3-1)50-40-15-7-4-12-35(40)46-43(50)28-18-22-32(23-19-28)49-38-24-20-29(44-47-36-13-5-8-16-41(36)51-44)26-33(38)34-27-30(21-25-39(34)49)45-48-37-14-6-9-17-42(37)52-45/h1-27H. The second-order valence-electron chi connectivity index (χ2n) is 12.9. The van der Waals surface area contributed by atoms with E-state index in [0.717, 1.165) is 77.0 Å². The van der Waals surface area contributed by atoms with Crippen LogP contribution in [0.25, 0.3) is 97.2 Å². The fourth-order valence-corrected chi connectivity index (χ4v) is 9.30. The van der Waals surface area contributed by atoms with E-state index in [2.05, 4.69) is 161 Å². The highest BCUT2D eigenvalue weighted by Gasteiger charge is 2.18. The van der Waals surface area contributed by atoms with Gasteiger partial charge in [0.1, 0.15) is 15.8 Å². The Hall–Kier alpha value is -6.41. The fraction of sp³-hybridized carbons (Fsp3) is 0. The van der Waals surface area contributed by atoms with Gasteiger partial charge in [-0.15, -0.1) is 22.7 Å². The molecule has 4 aromatic heterocycles. The van der Waals surface area contributed by atoms with E-state index in [-0.39, 0.29) is 0 Å². The van der Waals surface area contributed by atoms with Gasteiger partial charge in [0, 0.05) is 38.8 Å². The third-order valence-electron chi connectivity index (χ3n) is 9.81. The van der Waals surface area contributed by atoms with Crippen LogP contribution in [0, 0.1) is 0 Å². The summed E-state index contributed by atoms with van der Waals surface area (Å²) in [5.41, 5.74) is 11.9. The van der Waals surface area contributed by atoms with E-state index in [1.165, 1.54) is 20.2 Å². The molecule has 0 aliphatic carbocycles. The lowest BCUT2D eigenvalue weighted by Gasteiger charge is -2.12. The van der Waals surface area contributed by atoms with Crippen LogP contribution in [0.3, 0.4) is 0 Å². The molecule has 0 amide bonds. The van der Waals surface area contributed by atoms with Crippen molar-refractivity contribution in [1.82, 2.24) is 24.1 Å². The lowest BCUT2D eigenvalue weighted by atomic mass is 10.1. The zero-order chi connectivity index (χ0) is 34.2. The predicted octanol–water partition coefficient (Wildman–Crippen LogP) is 12.3. The minimum Gasteiger partial charge on any atom is -0.309 e. The molecule has 0 spiro atoms. The van der Waals surface area contributed by atoms with Crippen LogP contribution in [0.2, 0.25) is 0 Å². The molecule has 11 rings (SSSR count). The molecule has 0 unspecified atom stereocenters. The average molecular weight is 702 g/mol. The van der Waals surface area contributed by atoms with Crippen molar-refractivity contribution in [3.63, 3.8) is 0 Å². The summed E-state index contributed by atoms with van der Waals surface area (Å²) in [5.74, 6) is 0.919. The smallest absolute Gasteiger partial charge is 0.145 e. The molecule has 0 atom stereocenters. The minimum atomic E-state index is 0.919. The lowest BCUT2D eigenvalue weighted by molar-refractivity contribution is 1.10. The second-order valence-corrected chi connectivity index (χ2v) is 15.0. The van der Waals surface area contributed by atoms with Crippen molar-refractivity contribution in [2.45, 2.75) is 0 Å². The van der Waals surface area contributed by atoms with Gasteiger partial charge in [-0.3, -0.25) is 4.57 Å². The van der Waals surface area contributed by atoms with Gasteiger partial charge in [0.05, 0.1) is 42.5 Å². The van der Waals surface area contributed by atoms with Gasteiger partial charge in [0.15, 0.2) is 0 Å². The first-order valence-electron chi connectivity index (χ1n) is 17.2. The summed E-state index contributed by atoms with van der Waals surface area (Å²) in [4.78, 5) is 15.1. The number of para-hydroxylation sites is 5. The summed E-state index contributed by atoms with van der Waals surface area (Å²) in [6, 6.07) is 57.9. The molecular formula is C45H27N5S2. The normalized spacial score (nSPS) is 11.8. The number of rotatable bonds is 5. The molecular weight excluding hydrogens is 675 g/mol. The molecule has 4 heterocycles. The van der Waals surface area contributed by atoms with Crippen LogP contribution in [0.4, 0.5) is 0 Å². The van der Waals surface area contributed by atoms with E-state index in [1.807, 2.05) is 12.1 Å². The highest BCUT2D eigenvalue weighted by atomic mass is 32.1. The SMILES string of the molecule is c1ccc(-n2c(-c3ccc(-n4c5ccc(-c6nc7ccccc7s6)cc5c5cc(-c6nc7ccccc7s6)ccc54)cc3)nc3ccccc32)cc1. The van der Waals surface area contributed by atoms with Crippen LogP contribution < -0.4 is 0 Å². The number of thiazole rings is 2. The van der Waals surface area contributed by atoms with Gasteiger partial charge in [-0.2, -0.15) is 0 Å². The van der Waals surface area contributed by atoms with Crippen molar-refractivity contribution < 1.29 is 0 Å². The van der Waals surface area contributed by atoms with Gasteiger partial charge in [-0.05, 0) is 109 Å². The Kier molecular flexibility index (Phi) is 6.52. The van der Waals surface area contributed by atoms with Crippen molar-refractivity contribution in [1.29, 1.82) is 0 Å². The average Bonchev–Trinajstić information content (AvgIpc) is 3.99. The molecule has 5 nitrogen and oxygen atoms in total. The van der Waals surface area contributed by atoms with Crippen LogP contribution in [0.1, 0.15) is 0 Å². The molecule has 7 heteroatoms. The van der Waals surface area contributed by atoms with E-state index in [4.69, 9.17) is 15.0 Å². The summed E-state index contributed by atoms with van der Waals surface area (Å²) < 4.78 is 7.01. The van der Waals surface area contributed by atoms with Crippen LogP contribution in [0.15, 0.2) is 164 Å². The maximum atomic E-state index is 5.11. The summed E-state index contributed by atoms with van der Waals surface area (Å²) in [7, 11) is 0. The fourth-order valence-electron chi connectivity index (χ4n) is 7.38. The molecule has 52 heavy (non-hydrogen) atoms. The van der Waals surface area contributed by atoms with Gasteiger partial charge in [-0.1, -0.05) is 54.6 Å². The summed E-state index contributed by atoms with van der Waals surface area (Å²) in [5, 5.41) is 4.42. The van der Waals surface area contributed by atoms with Crippen LogP contribution in [-0.2, 0) is 0 Å². The Morgan fingerprint density at radius 2 is 0.865 bits per heavy atom. The number of nitrogens with zero attached hydrogens (tertiary/aromatic N) is 5. The first-order valence-corrected chi connectivity index (χ1v) is 18.8. The van der Waals surface area contributed by atoms with Crippen LogP contribution in [0.5, 0.6) is 0 Å². The van der Waals surface area contributed by atoms with Crippen molar-refractivity contribution in [2.24, 2.45) is 0 Å². The van der Waals surface area contributed by atoms with Crippen molar-refractivity contribution in [3.05, 3.63) is 164 Å². The Morgan fingerprint density at radius 3 is 1.46 bits per heavy atom. The first kappa shape index (κ1) is 29.3. The van der Waals surface area contributed by atoms with E-state index in [0.29, 0.717) is 0 Å². The van der Waals surface area contributed by atoms with E-state index < -0.39 is 0 Å². The highest BCUT2D eigenvalue weighted by molar-refractivity contribution is 7.22. The number of benzene rings is 7. The third kappa shape index (κ3) is 4.64. The highest BCUT2D eigenvalue weighted by Crippen LogP contribution is 2.40. The third-order valence-corrected chi connectivity index (χ3v) is 12.0. The van der Waals surface area contributed by atoms with Gasteiger partial charge < -0.3 is 4.57 Å². The van der Waals surface area contributed by atoms with Gasteiger partial charge in [0.25, 0.3) is 0 Å². The molecule has 7 aromatic carbocycles. The van der Waals surface area contributed by atoms with E-state index in [1.54, 1.807) is 22.7 Å². The predicted molar refractivity (Wildman–Crippen MR) is 218 cm³/mol. The number of imidazole rings is 1. The molecule has 0 N–H and O–H groups in total. The molecule has 0 aliphatic heterocycles. The van der Waals surface area contributed by atoms with E-state index >= 15 is 0 Å². The molecule has 11 aromatic rings. The number of fused-ring (bicyclic) bond motifs is 6. The summed E-state index contributed by atoms with van der Waals surface area (Å²) in [6.07, 6.45) is 0. The van der Waals surface area contributed by atoms with Gasteiger partial charge in [-0.25, -0.2) is 15.0 Å². The number of hydrogen-bond donors (Lipinski definition) is 0. The molecule has 0 saturated heterocycles. The molecule has 0 aliphatic rings. The van der Waals surface area contributed by atoms with Crippen molar-refractivity contribution in [3.8, 4) is 43.9 Å². The largest absolute Gasteiger partial charge is 0.309 e. The minimum absolute atomic E-state index is 0.919.